The second-order valence-electron chi connectivity index (χ2n) is 14.3. The predicted molar refractivity (Wildman–Crippen MR) is 170 cm³/mol. The van der Waals surface area contributed by atoms with E-state index in [-0.39, 0.29) is 53.9 Å². The first-order chi connectivity index (χ1) is 19.6. The zero-order valence-electron chi connectivity index (χ0n) is 29.0. The highest BCUT2D eigenvalue weighted by atomic mass is 16.6. The van der Waals surface area contributed by atoms with Gasteiger partial charge in [0, 0.05) is 19.0 Å². The minimum absolute atomic E-state index is 0.120. The molecular weight excluding hydrogens is 550 g/mol. The lowest BCUT2D eigenvalue weighted by molar-refractivity contribution is -0.132. The molecule has 0 unspecified atom stereocenters. The van der Waals surface area contributed by atoms with E-state index < -0.39 is 35.7 Å². The van der Waals surface area contributed by atoms with E-state index in [1.165, 1.54) is 0 Å². The van der Waals surface area contributed by atoms with E-state index >= 15 is 0 Å². The van der Waals surface area contributed by atoms with Gasteiger partial charge in [-0.25, -0.2) is 4.79 Å². The third kappa shape index (κ3) is 17.1. The van der Waals surface area contributed by atoms with Gasteiger partial charge in [-0.05, 0) is 70.1 Å². The van der Waals surface area contributed by atoms with Gasteiger partial charge in [0.25, 0.3) is 0 Å². The second kappa shape index (κ2) is 18.7. The average Bonchev–Trinajstić information content (AvgIpc) is 2.82. The van der Waals surface area contributed by atoms with Crippen LogP contribution in [0.5, 0.6) is 0 Å². The molecule has 0 aromatic heterocycles. The first-order valence-electron chi connectivity index (χ1n) is 15.8. The van der Waals surface area contributed by atoms with Crippen LogP contribution >= 0.6 is 0 Å². The molecule has 5 N–H and O–H groups in total. The molecule has 0 spiro atoms. The van der Waals surface area contributed by atoms with Gasteiger partial charge in [0.05, 0.1) is 0 Å². The summed E-state index contributed by atoms with van der Waals surface area (Å²) in [7, 11) is 0. The molecule has 0 aliphatic rings. The number of carbonyl (C=O) groups excluding carboxylic acids is 5. The highest BCUT2D eigenvalue weighted by Gasteiger charge is 2.33. The summed E-state index contributed by atoms with van der Waals surface area (Å²) in [5.41, 5.74) is -0.723. The molecule has 0 heterocycles. The van der Waals surface area contributed by atoms with Crippen molar-refractivity contribution in [2.45, 2.75) is 139 Å². The molecule has 0 bridgehead atoms. The van der Waals surface area contributed by atoms with E-state index in [1.807, 2.05) is 34.6 Å². The zero-order valence-corrected chi connectivity index (χ0v) is 29.0. The number of ether oxygens (including phenoxy) is 1. The maximum absolute atomic E-state index is 13.5. The SMILES string of the molecule is CC(C)CCNC(=O)[C@H](C)NC(=O)C[C@H](C)[C@H](CC(C)C)NC(=O)[C@@H](NC(=O)[C@@H](NC(=O)OC(C)(C)C)C(C)C)C(C)C. The first kappa shape index (κ1) is 40.1. The van der Waals surface area contributed by atoms with Crippen molar-refractivity contribution in [3.8, 4) is 0 Å². The molecule has 0 aliphatic heterocycles. The summed E-state index contributed by atoms with van der Waals surface area (Å²) in [6.07, 6.45) is 0.892. The molecule has 0 saturated carbocycles. The highest BCUT2D eigenvalue weighted by molar-refractivity contribution is 5.92. The fourth-order valence-electron chi connectivity index (χ4n) is 4.40. The van der Waals surface area contributed by atoms with Crippen LogP contribution in [0, 0.1) is 29.6 Å². The Balaban J connectivity index is 5.47. The highest BCUT2D eigenvalue weighted by Crippen LogP contribution is 2.18. The minimum atomic E-state index is -0.900. The molecule has 11 heteroatoms. The fraction of sp³-hybridized carbons (Fsp3) is 0.844. The normalized spacial score (nSPS) is 15.4. The van der Waals surface area contributed by atoms with E-state index in [1.54, 1.807) is 41.5 Å². The molecule has 0 rings (SSSR count). The van der Waals surface area contributed by atoms with Crippen LogP contribution < -0.4 is 26.6 Å². The lowest BCUT2D eigenvalue weighted by Gasteiger charge is -2.31. The summed E-state index contributed by atoms with van der Waals surface area (Å²) in [5.74, 6) is -1.38. The summed E-state index contributed by atoms with van der Waals surface area (Å²) >= 11 is 0. The van der Waals surface area contributed by atoms with Gasteiger partial charge in [0.1, 0.15) is 23.7 Å². The van der Waals surface area contributed by atoms with Crippen molar-refractivity contribution in [2.75, 3.05) is 6.54 Å². The van der Waals surface area contributed by atoms with E-state index in [0.29, 0.717) is 18.9 Å². The molecular formula is C32H61N5O6. The van der Waals surface area contributed by atoms with Crippen molar-refractivity contribution in [2.24, 2.45) is 29.6 Å². The van der Waals surface area contributed by atoms with Gasteiger partial charge in [-0.2, -0.15) is 0 Å². The van der Waals surface area contributed by atoms with E-state index in [0.717, 1.165) is 6.42 Å². The van der Waals surface area contributed by atoms with Crippen molar-refractivity contribution < 1.29 is 28.7 Å². The Kier molecular flexibility index (Phi) is 17.5. The Bertz CT molecular complexity index is 912. The Labute approximate surface area is 260 Å². The molecule has 5 amide bonds. The molecule has 250 valence electrons. The third-order valence-corrected chi connectivity index (χ3v) is 6.91. The Morgan fingerprint density at radius 2 is 1.16 bits per heavy atom. The van der Waals surface area contributed by atoms with E-state index in [2.05, 4.69) is 40.4 Å². The summed E-state index contributed by atoms with van der Waals surface area (Å²) in [6.45, 7) is 24.8. The van der Waals surface area contributed by atoms with Gasteiger partial charge >= 0.3 is 6.09 Å². The summed E-state index contributed by atoms with van der Waals surface area (Å²) < 4.78 is 5.31. The van der Waals surface area contributed by atoms with Crippen molar-refractivity contribution in [3.05, 3.63) is 0 Å². The molecule has 43 heavy (non-hydrogen) atoms. The van der Waals surface area contributed by atoms with Crippen LogP contribution in [-0.2, 0) is 23.9 Å². The van der Waals surface area contributed by atoms with E-state index in [4.69, 9.17) is 4.74 Å². The molecule has 0 aliphatic carbocycles. The first-order valence-corrected chi connectivity index (χ1v) is 15.8. The second-order valence-corrected chi connectivity index (χ2v) is 14.3. The van der Waals surface area contributed by atoms with Crippen LogP contribution in [0.25, 0.3) is 0 Å². The van der Waals surface area contributed by atoms with Gasteiger partial charge in [-0.3, -0.25) is 19.2 Å². The fourth-order valence-corrected chi connectivity index (χ4v) is 4.40. The van der Waals surface area contributed by atoms with E-state index in [9.17, 15) is 24.0 Å². The van der Waals surface area contributed by atoms with Crippen LogP contribution in [0.2, 0.25) is 0 Å². The molecule has 5 atom stereocenters. The predicted octanol–water partition coefficient (Wildman–Crippen LogP) is 3.90. The molecule has 0 aromatic carbocycles. The van der Waals surface area contributed by atoms with Crippen LogP contribution in [0.1, 0.15) is 109 Å². The largest absolute Gasteiger partial charge is 0.444 e. The zero-order chi connectivity index (χ0) is 33.7. The third-order valence-electron chi connectivity index (χ3n) is 6.91. The molecule has 0 radical (unpaired) electrons. The molecule has 0 saturated heterocycles. The van der Waals surface area contributed by atoms with Crippen LogP contribution in [-0.4, -0.2) is 66.0 Å². The van der Waals surface area contributed by atoms with Crippen molar-refractivity contribution in [1.29, 1.82) is 0 Å². The quantitative estimate of drug-likeness (QED) is 0.168. The Hall–Kier alpha value is -2.85. The Morgan fingerprint density at radius 1 is 0.651 bits per heavy atom. The van der Waals surface area contributed by atoms with Gasteiger partial charge in [0.2, 0.25) is 23.6 Å². The summed E-state index contributed by atoms with van der Waals surface area (Å²) in [4.78, 5) is 64.3. The van der Waals surface area contributed by atoms with Gasteiger partial charge in [-0.15, -0.1) is 0 Å². The van der Waals surface area contributed by atoms with Gasteiger partial charge < -0.3 is 31.3 Å². The van der Waals surface area contributed by atoms with Crippen molar-refractivity contribution in [1.82, 2.24) is 26.6 Å². The standard InChI is InChI=1S/C32H61N5O6/c1-18(2)14-15-33-28(39)23(10)34-25(38)17-22(9)24(16-19(3)4)35-29(40)26(20(5)6)36-30(41)27(21(7)8)37-31(42)43-32(11,12)13/h18-24,26-27H,14-17H2,1-13H3,(H,33,39)(H,34,38)(H,35,40)(H,36,41)(H,37,42)/t22-,23-,24-,26-,27-/m0/s1. The number of rotatable bonds is 17. The Morgan fingerprint density at radius 3 is 1.63 bits per heavy atom. The number of carbonyl (C=O) groups is 5. The minimum Gasteiger partial charge on any atom is -0.444 e. The number of nitrogens with one attached hydrogen (secondary N) is 5. The smallest absolute Gasteiger partial charge is 0.408 e. The van der Waals surface area contributed by atoms with Crippen LogP contribution in [0.4, 0.5) is 4.79 Å². The lowest BCUT2D eigenvalue weighted by atomic mass is 9.89. The number of hydrogen-bond acceptors (Lipinski definition) is 6. The number of alkyl carbamates (subject to hydrolysis) is 1. The number of amides is 5. The maximum atomic E-state index is 13.5. The van der Waals surface area contributed by atoms with Gasteiger partial charge in [0.15, 0.2) is 0 Å². The van der Waals surface area contributed by atoms with Gasteiger partial charge in [-0.1, -0.05) is 62.3 Å². The van der Waals surface area contributed by atoms with Crippen molar-refractivity contribution in [3.63, 3.8) is 0 Å². The monoisotopic (exact) mass is 611 g/mol. The lowest BCUT2D eigenvalue weighted by Crippen LogP contribution is -2.58. The van der Waals surface area contributed by atoms with Crippen LogP contribution in [0.15, 0.2) is 0 Å². The average molecular weight is 612 g/mol. The summed E-state index contributed by atoms with van der Waals surface area (Å²) in [5, 5.41) is 14.1. The van der Waals surface area contributed by atoms with Crippen LogP contribution in [0.3, 0.4) is 0 Å². The number of hydrogen-bond donors (Lipinski definition) is 5. The topological polar surface area (TPSA) is 155 Å². The molecule has 0 aromatic rings. The van der Waals surface area contributed by atoms with Crippen molar-refractivity contribution >= 4 is 29.7 Å². The summed E-state index contributed by atoms with van der Waals surface area (Å²) in [6, 6.07) is -2.77. The molecule has 0 fully saturated rings. The molecule has 11 nitrogen and oxygen atoms in total. The maximum Gasteiger partial charge on any atom is 0.408 e.